The average Bonchev–Trinajstić information content (AvgIpc) is 2.89. The molecule has 0 aliphatic heterocycles. The maximum Gasteiger partial charge on any atom is 0.129 e. The van der Waals surface area contributed by atoms with E-state index in [1.165, 1.54) is 4.88 Å². The molecule has 2 N–H and O–H groups in total. The summed E-state index contributed by atoms with van der Waals surface area (Å²) in [7, 11) is 0. The van der Waals surface area contributed by atoms with E-state index < -0.39 is 0 Å². The molecular formula is C13H16ClN3S. The molecule has 0 atom stereocenters. The Morgan fingerprint density at radius 2 is 2.33 bits per heavy atom. The Kier molecular flexibility index (Phi) is 4.58. The van der Waals surface area contributed by atoms with Crippen molar-refractivity contribution in [2.45, 2.75) is 20.0 Å². The van der Waals surface area contributed by atoms with E-state index in [0.29, 0.717) is 11.6 Å². The van der Waals surface area contributed by atoms with Gasteiger partial charge in [0.25, 0.3) is 0 Å². The van der Waals surface area contributed by atoms with Crippen LogP contribution in [-0.2, 0) is 13.1 Å². The maximum absolute atomic E-state index is 6.03. The van der Waals surface area contributed by atoms with Crippen LogP contribution >= 0.6 is 22.9 Å². The van der Waals surface area contributed by atoms with E-state index in [1.54, 1.807) is 17.5 Å². The number of aromatic nitrogens is 1. The molecular weight excluding hydrogens is 266 g/mol. The summed E-state index contributed by atoms with van der Waals surface area (Å²) >= 11 is 7.78. The van der Waals surface area contributed by atoms with Crippen molar-refractivity contribution < 1.29 is 0 Å². The quantitative estimate of drug-likeness (QED) is 0.914. The number of thiophene rings is 1. The highest BCUT2D eigenvalue weighted by Crippen LogP contribution is 2.22. The van der Waals surface area contributed by atoms with Crippen LogP contribution < -0.4 is 10.6 Å². The van der Waals surface area contributed by atoms with Crippen LogP contribution in [0.1, 0.15) is 17.4 Å². The molecule has 0 radical (unpaired) electrons. The number of nitrogens with zero attached hydrogens (tertiary/aromatic N) is 2. The number of hydrogen-bond donors (Lipinski definition) is 1. The summed E-state index contributed by atoms with van der Waals surface area (Å²) < 4.78 is 0. The van der Waals surface area contributed by atoms with Crippen LogP contribution in [0.15, 0.2) is 29.8 Å². The fourth-order valence-electron chi connectivity index (χ4n) is 1.74. The predicted octanol–water partition coefficient (Wildman–Crippen LogP) is 3.28. The van der Waals surface area contributed by atoms with E-state index in [1.807, 2.05) is 6.07 Å². The van der Waals surface area contributed by atoms with Crippen LogP contribution in [0.4, 0.5) is 5.82 Å². The van der Waals surface area contributed by atoms with E-state index in [-0.39, 0.29) is 0 Å². The molecule has 2 aromatic rings. The summed E-state index contributed by atoms with van der Waals surface area (Å²) in [6.45, 7) is 4.32. The van der Waals surface area contributed by atoms with Crippen LogP contribution in [-0.4, -0.2) is 11.5 Å². The van der Waals surface area contributed by atoms with Gasteiger partial charge in [-0.2, -0.15) is 0 Å². The molecule has 0 saturated carbocycles. The summed E-state index contributed by atoms with van der Waals surface area (Å²) in [6.07, 6.45) is 1.68. The fraction of sp³-hybridized carbons (Fsp3) is 0.308. The van der Waals surface area contributed by atoms with E-state index in [2.05, 4.69) is 34.3 Å². The summed E-state index contributed by atoms with van der Waals surface area (Å²) in [4.78, 5) is 7.91. The molecule has 3 nitrogen and oxygen atoms in total. The summed E-state index contributed by atoms with van der Waals surface area (Å²) in [6, 6.07) is 6.17. The normalized spacial score (nSPS) is 10.6. The topological polar surface area (TPSA) is 42.1 Å². The van der Waals surface area contributed by atoms with Gasteiger partial charge in [-0.05, 0) is 30.0 Å². The molecule has 0 unspecified atom stereocenters. The number of pyridine rings is 1. The highest BCUT2D eigenvalue weighted by atomic mass is 35.5. The SMILES string of the molecule is CCN(Cc1cccs1)c1cc(CN)c(Cl)cn1. The minimum absolute atomic E-state index is 0.435. The molecule has 0 aromatic carbocycles. The van der Waals surface area contributed by atoms with Gasteiger partial charge in [0, 0.05) is 24.2 Å². The Bertz CT molecular complexity index is 499. The lowest BCUT2D eigenvalue weighted by Crippen LogP contribution is -2.22. The first-order valence-corrected chi connectivity index (χ1v) is 7.12. The van der Waals surface area contributed by atoms with Gasteiger partial charge in [-0.15, -0.1) is 11.3 Å². The van der Waals surface area contributed by atoms with Crippen molar-refractivity contribution in [2.75, 3.05) is 11.4 Å². The molecule has 0 aliphatic carbocycles. The van der Waals surface area contributed by atoms with E-state index in [0.717, 1.165) is 24.5 Å². The third-order valence-corrected chi connectivity index (χ3v) is 3.97. The zero-order valence-electron chi connectivity index (χ0n) is 10.3. The summed E-state index contributed by atoms with van der Waals surface area (Å²) in [5.74, 6) is 0.927. The second-order valence-electron chi connectivity index (χ2n) is 3.93. The summed E-state index contributed by atoms with van der Waals surface area (Å²) in [5.41, 5.74) is 6.60. The molecule has 0 saturated heterocycles. The van der Waals surface area contributed by atoms with Gasteiger partial charge in [-0.25, -0.2) is 4.98 Å². The smallest absolute Gasteiger partial charge is 0.129 e. The van der Waals surface area contributed by atoms with Crippen LogP contribution in [0, 0.1) is 0 Å². The molecule has 0 fully saturated rings. The van der Waals surface area contributed by atoms with Crippen molar-refractivity contribution in [3.8, 4) is 0 Å². The third-order valence-electron chi connectivity index (χ3n) is 2.77. The molecule has 2 heterocycles. The number of hydrogen-bond acceptors (Lipinski definition) is 4. The molecule has 0 aliphatic rings. The summed E-state index contributed by atoms with van der Waals surface area (Å²) in [5, 5.41) is 2.72. The first kappa shape index (κ1) is 13.3. The van der Waals surface area contributed by atoms with Crippen molar-refractivity contribution in [2.24, 2.45) is 5.73 Å². The molecule has 5 heteroatoms. The predicted molar refractivity (Wildman–Crippen MR) is 78.2 cm³/mol. The van der Waals surface area contributed by atoms with Crippen molar-refractivity contribution in [1.82, 2.24) is 4.98 Å². The molecule has 96 valence electrons. The van der Waals surface area contributed by atoms with E-state index >= 15 is 0 Å². The minimum atomic E-state index is 0.435. The molecule has 0 bridgehead atoms. The molecule has 2 rings (SSSR count). The third kappa shape index (κ3) is 3.02. The molecule has 0 amide bonds. The second kappa shape index (κ2) is 6.18. The fourth-order valence-corrected chi connectivity index (χ4v) is 2.64. The van der Waals surface area contributed by atoms with E-state index in [9.17, 15) is 0 Å². The molecule has 2 aromatic heterocycles. The first-order valence-electron chi connectivity index (χ1n) is 5.86. The maximum atomic E-state index is 6.03. The number of anilines is 1. The Morgan fingerprint density at radius 3 is 2.94 bits per heavy atom. The highest BCUT2D eigenvalue weighted by Gasteiger charge is 2.09. The Morgan fingerprint density at radius 1 is 1.50 bits per heavy atom. The number of halogens is 1. The van der Waals surface area contributed by atoms with Crippen molar-refractivity contribution in [3.05, 3.63) is 45.2 Å². The van der Waals surface area contributed by atoms with Crippen molar-refractivity contribution in [1.29, 1.82) is 0 Å². The van der Waals surface area contributed by atoms with Crippen molar-refractivity contribution in [3.63, 3.8) is 0 Å². The van der Waals surface area contributed by atoms with Crippen LogP contribution in [0.3, 0.4) is 0 Å². The Hall–Kier alpha value is -1.10. The van der Waals surface area contributed by atoms with Gasteiger partial charge in [-0.3, -0.25) is 0 Å². The zero-order chi connectivity index (χ0) is 13.0. The van der Waals surface area contributed by atoms with Gasteiger partial charge in [0.05, 0.1) is 11.6 Å². The van der Waals surface area contributed by atoms with Crippen molar-refractivity contribution >= 4 is 28.8 Å². The molecule has 18 heavy (non-hydrogen) atoms. The Balaban J connectivity index is 2.21. The second-order valence-corrected chi connectivity index (χ2v) is 5.37. The first-order chi connectivity index (χ1) is 8.74. The lowest BCUT2D eigenvalue weighted by Gasteiger charge is -2.22. The van der Waals surface area contributed by atoms with Crippen LogP contribution in [0.5, 0.6) is 0 Å². The number of nitrogens with two attached hydrogens (primary N) is 1. The number of rotatable bonds is 5. The van der Waals surface area contributed by atoms with Gasteiger partial charge in [-0.1, -0.05) is 17.7 Å². The van der Waals surface area contributed by atoms with Gasteiger partial charge >= 0.3 is 0 Å². The van der Waals surface area contributed by atoms with Gasteiger partial charge in [0.2, 0.25) is 0 Å². The minimum Gasteiger partial charge on any atom is -0.352 e. The highest BCUT2D eigenvalue weighted by molar-refractivity contribution is 7.09. The monoisotopic (exact) mass is 281 g/mol. The average molecular weight is 282 g/mol. The molecule has 0 spiro atoms. The lowest BCUT2D eigenvalue weighted by molar-refractivity contribution is 0.820. The van der Waals surface area contributed by atoms with Crippen LogP contribution in [0.25, 0.3) is 0 Å². The van der Waals surface area contributed by atoms with E-state index in [4.69, 9.17) is 17.3 Å². The van der Waals surface area contributed by atoms with Gasteiger partial charge < -0.3 is 10.6 Å². The Labute approximate surface area is 116 Å². The lowest BCUT2D eigenvalue weighted by atomic mass is 10.2. The largest absolute Gasteiger partial charge is 0.352 e. The standard InChI is InChI=1S/C13H16ClN3S/c1-2-17(9-11-4-3-5-18-11)13-6-10(7-15)12(14)8-16-13/h3-6,8H,2,7,9,15H2,1H3. The zero-order valence-corrected chi connectivity index (χ0v) is 11.8. The van der Waals surface area contributed by atoms with Gasteiger partial charge in [0.1, 0.15) is 5.82 Å². The van der Waals surface area contributed by atoms with Gasteiger partial charge in [0.15, 0.2) is 0 Å². The van der Waals surface area contributed by atoms with Crippen LogP contribution in [0.2, 0.25) is 5.02 Å².